The summed E-state index contributed by atoms with van der Waals surface area (Å²) in [6, 6.07) is 7.00. The Hall–Kier alpha value is -1.05. The summed E-state index contributed by atoms with van der Waals surface area (Å²) in [5, 5.41) is 3.38. The van der Waals surface area contributed by atoms with Crippen molar-refractivity contribution in [3.05, 3.63) is 29.3 Å². The van der Waals surface area contributed by atoms with Crippen molar-refractivity contribution in [3.63, 3.8) is 0 Å². The third-order valence-corrected chi connectivity index (χ3v) is 5.86. The third kappa shape index (κ3) is 5.51. The van der Waals surface area contributed by atoms with Gasteiger partial charge >= 0.3 is 0 Å². The number of rotatable bonds is 4. The number of hydrogen-bond donors (Lipinski definition) is 1. The number of carbonyl (C=O) groups is 1. The van der Waals surface area contributed by atoms with E-state index >= 15 is 0 Å². The molecule has 1 atom stereocenters. The number of ether oxygens (including phenoxy) is 1. The molecule has 0 saturated carbocycles. The molecule has 6 nitrogen and oxygen atoms in total. The van der Waals surface area contributed by atoms with E-state index in [0.29, 0.717) is 12.6 Å². The largest absolute Gasteiger partial charge is 0.493 e. The molecule has 1 N–H and O–H groups in total. The van der Waals surface area contributed by atoms with Gasteiger partial charge in [-0.3, -0.25) is 14.6 Å². The van der Waals surface area contributed by atoms with Crippen LogP contribution in [0.3, 0.4) is 0 Å². The van der Waals surface area contributed by atoms with Crippen LogP contribution >= 0.6 is 24.8 Å². The summed E-state index contributed by atoms with van der Waals surface area (Å²) < 4.78 is 5.59. The molecule has 0 radical (unpaired) electrons. The molecular weight excluding hydrogens is 399 g/mol. The normalized spacial score (nSPS) is 22.6. The van der Waals surface area contributed by atoms with Gasteiger partial charge in [-0.05, 0) is 24.1 Å². The summed E-state index contributed by atoms with van der Waals surface area (Å²) in [6.45, 7) is 11.1. The van der Waals surface area contributed by atoms with Crippen LogP contribution in [0.1, 0.15) is 18.1 Å². The quantitative estimate of drug-likeness (QED) is 0.781. The van der Waals surface area contributed by atoms with Gasteiger partial charge < -0.3 is 15.0 Å². The van der Waals surface area contributed by atoms with Gasteiger partial charge in [0.2, 0.25) is 5.91 Å². The van der Waals surface area contributed by atoms with Crippen LogP contribution in [-0.4, -0.2) is 85.6 Å². The fourth-order valence-electron chi connectivity index (χ4n) is 4.14. The van der Waals surface area contributed by atoms with Crippen LogP contribution in [0.15, 0.2) is 18.2 Å². The van der Waals surface area contributed by atoms with Gasteiger partial charge in [0.05, 0.1) is 13.2 Å². The number of amides is 1. The molecule has 28 heavy (non-hydrogen) atoms. The SMILES string of the molecule is C[C@H]1CNCCN1CC(=O)N1CCN(Cc2ccc3c(c2)CCO3)CC1.Cl.Cl. The summed E-state index contributed by atoms with van der Waals surface area (Å²) in [5.41, 5.74) is 2.69. The van der Waals surface area contributed by atoms with Gasteiger partial charge in [-0.15, -0.1) is 24.8 Å². The average Bonchev–Trinajstić information content (AvgIpc) is 3.12. The lowest BCUT2D eigenvalue weighted by Gasteiger charge is -2.38. The second-order valence-electron chi connectivity index (χ2n) is 7.72. The van der Waals surface area contributed by atoms with Gasteiger partial charge in [0.15, 0.2) is 0 Å². The highest BCUT2D eigenvalue weighted by Gasteiger charge is 2.26. The Morgan fingerprint density at radius 3 is 2.71 bits per heavy atom. The number of nitrogens with one attached hydrogen (secondary N) is 1. The van der Waals surface area contributed by atoms with Gasteiger partial charge in [-0.25, -0.2) is 0 Å². The molecule has 8 heteroatoms. The molecule has 1 aromatic rings. The Kier molecular flexibility index (Phi) is 8.83. The molecule has 1 amide bonds. The van der Waals surface area contributed by atoms with E-state index in [1.165, 1.54) is 11.1 Å². The number of benzene rings is 1. The van der Waals surface area contributed by atoms with E-state index in [4.69, 9.17) is 4.74 Å². The Morgan fingerprint density at radius 1 is 1.18 bits per heavy atom. The first-order valence-electron chi connectivity index (χ1n) is 9.88. The molecule has 4 rings (SSSR count). The Balaban J connectivity index is 0.00000140. The van der Waals surface area contributed by atoms with E-state index in [2.05, 4.69) is 40.2 Å². The van der Waals surface area contributed by atoms with E-state index in [9.17, 15) is 4.79 Å². The number of piperazine rings is 2. The first-order valence-corrected chi connectivity index (χ1v) is 9.88. The molecule has 3 aliphatic rings. The lowest BCUT2D eigenvalue weighted by atomic mass is 10.1. The molecule has 1 aromatic carbocycles. The predicted octanol–water partition coefficient (Wildman–Crippen LogP) is 1.40. The molecule has 2 saturated heterocycles. The van der Waals surface area contributed by atoms with Crippen molar-refractivity contribution < 1.29 is 9.53 Å². The molecule has 0 unspecified atom stereocenters. The van der Waals surface area contributed by atoms with Crippen LogP contribution in [0.4, 0.5) is 0 Å². The van der Waals surface area contributed by atoms with Crippen LogP contribution in [0.25, 0.3) is 0 Å². The van der Waals surface area contributed by atoms with Gasteiger partial charge in [-0.2, -0.15) is 0 Å². The molecule has 0 aromatic heterocycles. The first kappa shape index (κ1) is 23.2. The predicted molar refractivity (Wildman–Crippen MR) is 116 cm³/mol. The van der Waals surface area contributed by atoms with E-state index in [1.807, 2.05) is 4.90 Å². The van der Waals surface area contributed by atoms with Gasteiger partial charge in [-0.1, -0.05) is 12.1 Å². The number of carbonyl (C=O) groups excluding carboxylic acids is 1. The maximum atomic E-state index is 12.6. The zero-order chi connectivity index (χ0) is 17.9. The highest BCUT2D eigenvalue weighted by atomic mass is 35.5. The number of nitrogens with zero attached hydrogens (tertiary/aromatic N) is 3. The van der Waals surface area contributed by atoms with E-state index in [0.717, 1.165) is 71.1 Å². The van der Waals surface area contributed by atoms with E-state index < -0.39 is 0 Å². The number of halogens is 2. The third-order valence-electron chi connectivity index (χ3n) is 5.86. The van der Waals surface area contributed by atoms with Crippen molar-refractivity contribution in [2.45, 2.75) is 25.9 Å². The minimum absolute atomic E-state index is 0. The topological polar surface area (TPSA) is 48.1 Å². The number of hydrogen-bond acceptors (Lipinski definition) is 5. The summed E-state index contributed by atoms with van der Waals surface area (Å²) in [4.78, 5) is 19.4. The summed E-state index contributed by atoms with van der Waals surface area (Å²) >= 11 is 0. The summed E-state index contributed by atoms with van der Waals surface area (Å²) in [5.74, 6) is 1.33. The Bertz CT molecular complexity index is 653. The van der Waals surface area contributed by atoms with Crippen molar-refractivity contribution in [1.29, 1.82) is 0 Å². The zero-order valence-electron chi connectivity index (χ0n) is 16.6. The maximum Gasteiger partial charge on any atom is 0.236 e. The monoisotopic (exact) mass is 430 g/mol. The highest BCUT2D eigenvalue weighted by molar-refractivity contribution is 5.85. The smallest absolute Gasteiger partial charge is 0.236 e. The second-order valence-corrected chi connectivity index (χ2v) is 7.72. The van der Waals surface area contributed by atoms with Crippen LogP contribution in [-0.2, 0) is 17.8 Å². The summed E-state index contributed by atoms with van der Waals surface area (Å²) in [7, 11) is 0. The van der Waals surface area contributed by atoms with Crippen molar-refractivity contribution in [1.82, 2.24) is 20.0 Å². The highest BCUT2D eigenvalue weighted by Crippen LogP contribution is 2.26. The molecule has 3 aliphatic heterocycles. The second kappa shape index (κ2) is 10.6. The summed E-state index contributed by atoms with van der Waals surface area (Å²) in [6.07, 6.45) is 1.02. The van der Waals surface area contributed by atoms with Gasteiger partial charge in [0, 0.05) is 64.8 Å². The van der Waals surface area contributed by atoms with Crippen molar-refractivity contribution >= 4 is 30.7 Å². The van der Waals surface area contributed by atoms with E-state index in [1.54, 1.807) is 0 Å². The van der Waals surface area contributed by atoms with Crippen molar-refractivity contribution in [3.8, 4) is 5.75 Å². The van der Waals surface area contributed by atoms with E-state index in [-0.39, 0.29) is 30.7 Å². The zero-order valence-corrected chi connectivity index (χ0v) is 18.2. The Labute approximate surface area is 180 Å². The van der Waals surface area contributed by atoms with Crippen LogP contribution < -0.4 is 10.1 Å². The maximum absolute atomic E-state index is 12.6. The lowest BCUT2D eigenvalue weighted by molar-refractivity contribution is -0.135. The van der Waals surface area contributed by atoms with Crippen molar-refractivity contribution in [2.75, 3.05) is 59.0 Å². The average molecular weight is 431 g/mol. The molecule has 3 heterocycles. The van der Waals surface area contributed by atoms with Crippen LogP contribution in [0.2, 0.25) is 0 Å². The minimum Gasteiger partial charge on any atom is -0.493 e. The molecular formula is C20H32Cl2N4O2. The standard InChI is InChI=1S/C20H30N4O2.2ClH/c1-16-13-21-5-6-24(16)15-20(25)23-9-7-22(8-10-23)14-17-2-3-19-18(12-17)4-11-26-19;;/h2-3,12,16,21H,4-11,13-15H2,1H3;2*1H/t16-;;/m0../s1. The Morgan fingerprint density at radius 2 is 1.96 bits per heavy atom. The minimum atomic E-state index is 0. The fourth-order valence-corrected chi connectivity index (χ4v) is 4.14. The fraction of sp³-hybridized carbons (Fsp3) is 0.650. The molecule has 0 bridgehead atoms. The van der Waals surface area contributed by atoms with Gasteiger partial charge in [0.25, 0.3) is 0 Å². The molecule has 0 spiro atoms. The van der Waals surface area contributed by atoms with Crippen LogP contribution in [0, 0.1) is 0 Å². The molecule has 2 fully saturated rings. The molecule has 158 valence electrons. The van der Waals surface area contributed by atoms with Crippen molar-refractivity contribution in [2.24, 2.45) is 0 Å². The molecule has 0 aliphatic carbocycles. The first-order chi connectivity index (χ1) is 12.7. The van der Waals surface area contributed by atoms with Crippen LogP contribution in [0.5, 0.6) is 5.75 Å². The van der Waals surface area contributed by atoms with Gasteiger partial charge in [0.1, 0.15) is 5.75 Å². The number of fused-ring (bicyclic) bond motifs is 1. The lowest BCUT2D eigenvalue weighted by Crippen LogP contribution is -2.55.